The molecule has 1 aromatic carbocycles. The monoisotopic (exact) mass is 299 g/mol. The number of aromatic nitrogens is 2. The topological polar surface area (TPSA) is 39.5 Å². The van der Waals surface area contributed by atoms with Gasteiger partial charge in [-0.2, -0.15) is 0 Å². The molecule has 1 atom stereocenters. The van der Waals surface area contributed by atoms with Crippen molar-refractivity contribution in [3.05, 3.63) is 42.0 Å². The summed E-state index contributed by atoms with van der Waals surface area (Å²) in [5.74, 6) is 3.69. The number of ether oxygens (including phenoxy) is 2. The fourth-order valence-electron chi connectivity index (χ4n) is 3.50. The van der Waals surface area contributed by atoms with Gasteiger partial charge in [0.2, 0.25) is 6.79 Å². The summed E-state index contributed by atoms with van der Waals surface area (Å²) in [5.41, 5.74) is 1.21. The van der Waals surface area contributed by atoms with E-state index < -0.39 is 0 Å². The van der Waals surface area contributed by atoms with E-state index in [1.807, 2.05) is 18.3 Å². The van der Waals surface area contributed by atoms with Crippen LogP contribution in [0.2, 0.25) is 0 Å². The maximum Gasteiger partial charge on any atom is 0.231 e. The van der Waals surface area contributed by atoms with Crippen molar-refractivity contribution in [1.82, 2.24) is 14.5 Å². The van der Waals surface area contributed by atoms with Gasteiger partial charge in [-0.3, -0.25) is 0 Å². The Labute approximate surface area is 130 Å². The highest BCUT2D eigenvalue weighted by Crippen LogP contribution is 2.35. The third-order valence-corrected chi connectivity index (χ3v) is 4.52. The summed E-state index contributed by atoms with van der Waals surface area (Å²) in [6.07, 6.45) is 6.31. The fraction of sp³-hybridized carbons (Fsp3) is 0.471. The van der Waals surface area contributed by atoms with Crippen molar-refractivity contribution in [3.8, 4) is 11.5 Å². The van der Waals surface area contributed by atoms with Gasteiger partial charge in [0.25, 0.3) is 0 Å². The van der Waals surface area contributed by atoms with Crippen LogP contribution in [0.5, 0.6) is 11.5 Å². The minimum atomic E-state index is 0.335. The Morgan fingerprint density at radius 2 is 2.32 bits per heavy atom. The van der Waals surface area contributed by atoms with Gasteiger partial charge in [-0.25, -0.2) is 4.98 Å². The minimum Gasteiger partial charge on any atom is -0.454 e. The van der Waals surface area contributed by atoms with E-state index in [2.05, 4.69) is 33.8 Å². The van der Waals surface area contributed by atoms with Crippen LogP contribution in [0.4, 0.5) is 0 Å². The zero-order valence-corrected chi connectivity index (χ0v) is 12.9. The molecule has 0 radical (unpaired) electrons. The number of nitrogens with zero attached hydrogens (tertiary/aromatic N) is 3. The molecule has 4 rings (SSSR count). The Morgan fingerprint density at radius 3 is 3.27 bits per heavy atom. The lowest BCUT2D eigenvalue weighted by Crippen LogP contribution is -2.31. The van der Waals surface area contributed by atoms with Crippen LogP contribution in [0, 0.1) is 5.92 Å². The molecule has 2 aromatic rings. The van der Waals surface area contributed by atoms with Crippen molar-refractivity contribution in [2.45, 2.75) is 25.9 Å². The van der Waals surface area contributed by atoms with Gasteiger partial charge >= 0.3 is 0 Å². The van der Waals surface area contributed by atoms with E-state index in [9.17, 15) is 0 Å². The van der Waals surface area contributed by atoms with Crippen LogP contribution in [0.1, 0.15) is 17.8 Å². The molecule has 0 saturated heterocycles. The normalized spacial score (nSPS) is 19.5. The number of aryl methyl sites for hydroxylation is 1. The summed E-state index contributed by atoms with van der Waals surface area (Å²) in [6, 6.07) is 6.13. The Kier molecular flexibility index (Phi) is 3.50. The highest BCUT2D eigenvalue weighted by molar-refractivity contribution is 5.48. The van der Waals surface area contributed by atoms with E-state index >= 15 is 0 Å². The maximum atomic E-state index is 5.60. The van der Waals surface area contributed by atoms with Crippen molar-refractivity contribution >= 4 is 0 Å². The maximum absolute atomic E-state index is 5.60. The summed E-state index contributed by atoms with van der Waals surface area (Å²) in [7, 11) is 2.18. The van der Waals surface area contributed by atoms with E-state index in [1.165, 1.54) is 17.8 Å². The summed E-state index contributed by atoms with van der Waals surface area (Å²) in [4.78, 5) is 6.78. The highest BCUT2D eigenvalue weighted by atomic mass is 16.7. The van der Waals surface area contributed by atoms with Gasteiger partial charge in [0, 0.05) is 44.0 Å². The Bertz CT molecular complexity index is 668. The van der Waals surface area contributed by atoms with Crippen molar-refractivity contribution in [3.63, 3.8) is 0 Å². The van der Waals surface area contributed by atoms with Gasteiger partial charge in [0.15, 0.2) is 11.5 Å². The van der Waals surface area contributed by atoms with Crippen LogP contribution in [0.15, 0.2) is 30.6 Å². The first kappa shape index (κ1) is 13.6. The molecule has 22 heavy (non-hydrogen) atoms. The zero-order chi connectivity index (χ0) is 14.9. The lowest BCUT2D eigenvalue weighted by molar-refractivity contribution is 0.171. The van der Waals surface area contributed by atoms with Gasteiger partial charge in [0.1, 0.15) is 5.82 Å². The highest BCUT2D eigenvalue weighted by Gasteiger charge is 2.22. The van der Waals surface area contributed by atoms with Gasteiger partial charge in [0.05, 0.1) is 0 Å². The number of para-hydroxylation sites is 1. The summed E-state index contributed by atoms with van der Waals surface area (Å²) >= 11 is 0. The molecule has 0 spiro atoms. The number of hydrogen-bond acceptors (Lipinski definition) is 4. The summed E-state index contributed by atoms with van der Waals surface area (Å²) < 4.78 is 13.3. The summed E-state index contributed by atoms with van der Waals surface area (Å²) in [6.45, 7) is 3.39. The average molecular weight is 299 g/mol. The van der Waals surface area contributed by atoms with Crippen molar-refractivity contribution < 1.29 is 9.47 Å². The predicted octanol–water partition coefficient (Wildman–Crippen LogP) is 2.31. The molecule has 5 heteroatoms. The molecule has 0 fully saturated rings. The second kappa shape index (κ2) is 5.65. The van der Waals surface area contributed by atoms with E-state index in [-0.39, 0.29) is 0 Å². The number of fused-ring (bicyclic) bond motifs is 2. The number of benzene rings is 1. The molecular weight excluding hydrogens is 278 g/mol. The van der Waals surface area contributed by atoms with Crippen LogP contribution in [0.3, 0.4) is 0 Å². The van der Waals surface area contributed by atoms with Crippen molar-refractivity contribution in [2.75, 3.05) is 20.4 Å². The molecule has 0 N–H and O–H groups in total. The Morgan fingerprint density at radius 1 is 1.36 bits per heavy atom. The molecule has 2 aliphatic rings. The second-order valence-corrected chi connectivity index (χ2v) is 6.25. The molecule has 2 aliphatic heterocycles. The van der Waals surface area contributed by atoms with E-state index in [4.69, 9.17) is 9.47 Å². The van der Waals surface area contributed by atoms with Crippen LogP contribution >= 0.6 is 0 Å². The standard InChI is InChI=1S/C17H21N3O2/c1-19(9-13-5-6-16-18-7-8-20(16)10-13)11-14-3-2-4-15-17(14)22-12-21-15/h2-4,7-8,13H,5-6,9-12H2,1H3/t13-/m1/s1. The van der Waals surface area contributed by atoms with E-state index in [1.54, 1.807) is 0 Å². The molecule has 116 valence electrons. The number of hydrogen-bond donors (Lipinski definition) is 0. The number of rotatable bonds is 4. The lowest BCUT2D eigenvalue weighted by atomic mass is 9.98. The molecular formula is C17H21N3O2. The largest absolute Gasteiger partial charge is 0.454 e. The third kappa shape index (κ3) is 2.57. The average Bonchev–Trinajstić information content (AvgIpc) is 3.15. The van der Waals surface area contributed by atoms with Crippen molar-refractivity contribution in [1.29, 1.82) is 0 Å². The third-order valence-electron chi connectivity index (χ3n) is 4.52. The van der Waals surface area contributed by atoms with Crippen LogP contribution in [-0.4, -0.2) is 34.8 Å². The fourth-order valence-corrected chi connectivity index (χ4v) is 3.50. The van der Waals surface area contributed by atoms with E-state index in [0.29, 0.717) is 12.7 Å². The van der Waals surface area contributed by atoms with Gasteiger partial charge < -0.3 is 18.9 Å². The smallest absolute Gasteiger partial charge is 0.231 e. The zero-order valence-electron chi connectivity index (χ0n) is 12.9. The van der Waals surface area contributed by atoms with Gasteiger partial charge in [-0.15, -0.1) is 0 Å². The predicted molar refractivity (Wildman–Crippen MR) is 82.9 cm³/mol. The molecule has 1 aromatic heterocycles. The first-order valence-corrected chi connectivity index (χ1v) is 7.85. The molecule has 0 aliphatic carbocycles. The molecule has 0 bridgehead atoms. The SMILES string of the molecule is CN(Cc1cccc2c1OCO2)C[C@H]1CCc2nccn2C1. The first-order chi connectivity index (χ1) is 10.8. The molecule has 0 amide bonds. The molecule has 3 heterocycles. The molecule has 0 saturated carbocycles. The Balaban J connectivity index is 1.39. The Hall–Kier alpha value is -2.01. The summed E-state index contributed by atoms with van der Waals surface area (Å²) in [5, 5.41) is 0. The van der Waals surface area contributed by atoms with Crippen LogP contribution < -0.4 is 9.47 Å². The van der Waals surface area contributed by atoms with Crippen LogP contribution in [-0.2, 0) is 19.5 Å². The number of imidazole rings is 1. The minimum absolute atomic E-state index is 0.335. The van der Waals surface area contributed by atoms with Gasteiger partial charge in [-0.1, -0.05) is 12.1 Å². The van der Waals surface area contributed by atoms with Crippen LogP contribution in [0.25, 0.3) is 0 Å². The van der Waals surface area contributed by atoms with E-state index in [0.717, 1.165) is 37.6 Å². The molecule has 5 nitrogen and oxygen atoms in total. The molecule has 0 unspecified atom stereocenters. The first-order valence-electron chi connectivity index (χ1n) is 7.85. The second-order valence-electron chi connectivity index (χ2n) is 6.25. The van der Waals surface area contributed by atoms with Crippen molar-refractivity contribution in [2.24, 2.45) is 5.92 Å². The van der Waals surface area contributed by atoms with Gasteiger partial charge in [-0.05, 0) is 25.5 Å². The lowest BCUT2D eigenvalue weighted by Gasteiger charge is -2.28. The quantitative estimate of drug-likeness (QED) is 0.868.